The number of carbonyl (C=O) groups excluding carboxylic acids is 1. The third kappa shape index (κ3) is 5.69. The predicted octanol–water partition coefficient (Wildman–Crippen LogP) is 6.81. The van der Waals surface area contributed by atoms with E-state index in [1.165, 1.54) is 39.0 Å². The van der Waals surface area contributed by atoms with Gasteiger partial charge in [0.05, 0.1) is 32.0 Å². The third-order valence-corrected chi connectivity index (χ3v) is 6.74. The van der Waals surface area contributed by atoms with Gasteiger partial charge in [-0.25, -0.2) is 4.98 Å². The highest BCUT2D eigenvalue weighted by Crippen LogP contribution is 2.38. The summed E-state index contributed by atoms with van der Waals surface area (Å²) >= 11 is 11.8. The molecule has 10 heteroatoms. The van der Waals surface area contributed by atoms with Crippen LogP contribution in [0.1, 0.15) is 42.1 Å². The summed E-state index contributed by atoms with van der Waals surface area (Å²) in [5.74, 6) is 1.49. The van der Waals surface area contributed by atoms with Gasteiger partial charge in [0.2, 0.25) is 11.6 Å². The molecule has 0 saturated heterocycles. The van der Waals surface area contributed by atoms with Crippen LogP contribution in [0.4, 0.5) is 5.69 Å². The Hall–Kier alpha value is -3.82. The number of fused-ring (bicyclic) bond motifs is 1. The van der Waals surface area contributed by atoms with Crippen LogP contribution < -0.4 is 24.8 Å². The van der Waals surface area contributed by atoms with Crippen LogP contribution in [0.3, 0.4) is 0 Å². The molecule has 0 fully saturated rings. The zero-order chi connectivity index (χ0) is 27.4. The summed E-state index contributed by atoms with van der Waals surface area (Å²) in [4.78, 5) is 17.6. The van der Waals surface area contributed by atoms with Crippen molar-refractivity contribution < 1.29 is 23.4 Å². The van der Waals surface area contributed by atoms with Gasteiger partial charge in [-0.15, -0.1) is 0 Å². The van der Waals surface area contributed by atoms with Gasteiger partial charge in [-0.05, 0) is 72.6 Å². The molecule has 0 aliphatic carbocycles. The molecular weight excluding hydrogens is 526 g/mol. The maximum atomic E-state index is 12.9. The molecule has 2 N–H and O–H groups in total. The lowest BCUT2D eigenvalue weighted by atomic mass is 9.98. The number of hydrogen-bond donors (Lipinski definition) is 2. The van der Waals surface area contributed by atoms with E-state index in [0.29, 0.717) is 50.9 Å². The lowest BCUT2D eigenvalue weighted by Crippen LogP contribution is -2.34. The molecule has 0 radical (unpaired) electrons. The van der Waals surface area contributed by atoms with E-state index in [1.54, 1.807) is 12.1 Å². The Labute approximate surface area is 231 Å². The van der Waals surface area contributed by atoms with Crippen LogP contribution in [-0.2, 0) is 0 Å². The fourth-order valence-electron chi connectivity index (χ4n) is 3.91. The monoisotopic (exact) mass is 553 g/mol. The number of carbonyl (C=O) groups is 1. The first-order valence-electron chi connectivity index (χ1n) is 11.9. The minimum Gasteiger partial charge on any atom is -0.493 e. The van der Waals surface area contributed by atoms with Gasteiger partial charge in [0, 0.05) is 11.1 Å². The number of hydrogen-bond acceptors (Lipinski definition) is 7. The van der Waals surface area contributed by atoms with E-state index in [4.69, 9.17) is 42.4 Å². The van der Waals surface area contributed by atoms with Crippen molar-refractivity contribution >= 4 is 51.6 Å². The molecule has 1 amide bonds. The van der Waals surface area contributed by atoms with Crippen molar-refractivity contribution in [3.63, 3.8) is 0 Å². The Bertz CT molecular complexity index is 1480. The fraction of sp³-hybridized carbons (Fsp3) is 0.250. The molecule has 1 atom stereocenters. The number of nitrogens with zero attached hydrogens (tertiary/aromatic N) is 1. The van der Waals surface area contributed by atoms with Gasteiger partial charge in [-0.2, -0.15) is 0 Å². The van der Waals surface area contributed by atoms with Crippen molar-refractivity contribution in [1.29, 1.82) is 0 Å². The lowest BCUT2D eigenvalue weighted by Gasteiger charge is -2.15. The number of ether oxygens (including phenoxy) is 3. The maximum absolute atomic E-state index is 12.9. The molecule has 1 unspecified atom stereocenters. The minimum atomic E-state index is -0.468. The van der Waals surface area contributed by atoms with E-state index < -0.39 is 5.91 Å². The highest BCUT2D eigenvalue weighted by atomic mass is 35.5. The molecule has 4 aromatic rings. The van der Waals surface area contributed by atoms with E-state index in [0.717, 1.165) is 11.9 Å². The first-order valence-corrected chi connectivity index (χ1v) is 12.7. The first kappa shape index (κ1) is 27.2. The molecule has 0 saturated carbocycles. The van der Waals surface area contributed by atoms with Crippen LogP contribution in [0.15, 0.2) is 52.9 Å². The summed E-state index contributed by atoms with van der Waals surface area (Å²) in [6.07, 6.45) is 1.04. The molecule has 0 aliphatic rings. The average molecular weight is 554 g/mol. The predicted molar refractivity (Wildman–Crippen MR) is 153 cm³/mol. The highest BCUT2D eigenvalue weighted by Gasteiger charge is 2.18. The second kappa shape index (κ2) is 11.7. The third-order valence-electron chi connectivity index (χ3n) is 6.21. The molecule has 0 aliphatic heterocycles. The van der Waals surface area contributed by atoms with Gasteiger partial charge < -0.3 is 23.9 Å². The van der Waals surface area contributed by atoms with E-state index in [2.05, 4.69) is 41.6 Å². The normalized spacial score (nSPS) is 11.6. The maximum Gasteiger partial charge on any atom is 0.257 e. The topological polar surface area (TPSA) is 94.9 Å². The molecule has 198 valence electrons. The van der Waals surface area contributed by atoms with Crippen molar-refractivity contribution in [1.82, 2.24) is 10.3 Å². The number of methoxy groups -OCH3 is 3. The van der Waals surface area contributed by atoms with Crippen LogP contribution in [0.2, 0.25) is 5.02 Å². The van der Waals surface area contributed by atoms with Gasteiger partial charge >= 0.3 is 0 Å². The Balaban J connectivity index is 1.53. The number of thiocarbonyl (C=S) groups is 1. The Morgan fingerprint density at radius 2 is 1.76 bits per heavy atom. The van der Waals surface area contributed by atoms with Crippen molar-refractivity contribution in [3.8, 4) is 28.7 Å². The van der Waals surface area contributed by atoms with Crippen molar-refractivity contribution in [2.75, 3.05) is 26.6 Å². The Kier molecular flexibility index (Phi) is 8.38. The van der Waals surface area contributed by atoms with Crippen LogP contribution in [0.5, 0.6) is 17.2 Å². The van der Waals surface area contributed by atoms with Crippen molar-refractivity contribution in [2.45, 2.75) is 26.2 Å². The van der Waals surface area contributed by atoms with E-state index in [-0.39, 0.29) is 10.7 Å². The quantitative estimate of drug-likeness (QED) is 0.230. The zero-order valence-electron chi connectivity index (χ0n) is 21.7. The van der Waals surface area contributed by atoms with Crippen molar-refractivity contribution in [3.05, 3.63) is 64.7 Å². The summed E-state index contributed by atoms with van der Waals surface area (Å²) < 4.78 is 21.9. The van der Waals surface area contributed by atoms with E-state index in [9.17, 15) is 4.79 Å². The Morgan fingerprint density at radius 3 is 2.39 bits per heavy atom. The molecule has 1 heterocycles. The molecule has 3 aromatic carbocycles. The van der Waals surface area contributed by atoms with Crippen LogP contribution in [0.25, 0.3) is 22.6 Å². The number of anilines is 1. The average Bonchev–Trinajstić information content (AvgIpc) is 3.36. The number of nitrogens with one attached hydrogen (secondary N) is 2. The first-order chi connectivity index (χ1) is 18.3. The number of amides is 1. The second-order valence-corrected chi connectivity index (χ2v) is 9.39. The summed E-state index contributed by atoms with van der Waals surface area (Å²) in [7, 11) is 4.44. The Morgan fingerprint density at radius 1 is 1.05 bits per heavy atom. The summed E-state index contributed by atoms with van der Waals surface area (Å²) in [5, 5.41) is 6.09. The molecule has 8 nitrogen and oxygen atoms in total. The summed E-state index contributed by atoms with van der Waals surface area (Å²) in [6, 6.07) is 14.4. The van der Waals surface area contributed by atoms with Gasteiger partial charge in [0.25, 0.3) is 5.91 Å². The van der Waals surface area contributed by atoms with Crippen LogP contribution >= 0.6 is 23.8 Å². The second-order valence-electron chi connectivity index (χ2n) is 8.57. The van der Waals surface area contributed by atoms with Gasteiger partial charge in [0.1, 0.15) is 5.52 Å². The SMILES string of the molecule is CCC(C)c1ccc2oc(-c3ccc(Cl)c(NC(=S)NC(=O)c4cc(OC)c(OC)c(OC)c4)c3)nc2c1. The number of benzene rings is 3. The fourth-order valence-corrected chi connectivity index (χ4v) is 4.27. The molecule has 1 aromatic heterocycles. The molecule has 38 heavy (non-hydrogen) atoms. The van der Waals surface area contributed by atoms with Gasteiger partial charge in [-0.3, -0.25) is 10.1 Å². The zero-order valence-corrected chi connectivity index (χ0v) is 23.3. The lowest BCUT2D eigenvalue weighted by molar-refractivity contribution is 0.0977. The standard InChI is InChI=1S/C28H28ClN3O5S/c1-6-15(2)16-8-10-22-21(11-16)30-27(37-22)17-7-9-19(29)20(12-17)31-28(38)32-26(33)18-13-23(34-3)25(36-5)24(14-18)35-4/h7-15H,6H2,1-5H3,(H2,31,32,33,38). The number of halogens is 1. The number of oxazole rings is 1. The van der Waals surface area contributed by atoms with Crippen molar-refractivity contribution in [2.24, 2.45) is 0 Å². The molecule has 0 spiro atoms. The van der Waals surface area contributed by atoms with E-state index in [1.807, 2.05) is 12.1 Å². The molecule has 4 rings (SSSR count). The van der Waals surface area contributed by atoms with Crippen LogP contribution in [-0.4, -0.2) is 37.3 Å². The largest absolute Gasteiger partial charge is 0.493 e. The highest BCUT2D eigenvalue weighted by molar-refractivity contribution is 7.80. The summed E-state index contributed by atoms with van der Waals surface area (Å²) in [6.45, 7) is 4.34. The van der Waals surface area contributed by atoms with E-state index >= 15 is 0 Å². The molecular formula is C28H28ClN3O5S. The number of rotatable bonds is 8. The smallest absolute Gasteiger partial charge is 0.257 e. The molecule has 0 bridgehead atoms. The summed E-state index contributed by atoms with van der Waals surface area (Å²) in [5.41, 5.74) is 4.16. The minimum absolute atomic E-state index is 0.0542. The van der Waals surface area contributed by atoms with Gasteiger partial charge in [-0.1, -0.05) is 31.5 Å². The number of aromatic nitrogens is 1. The van der Waals surface area contributed by atoms with Crippen LogP contribution in [0, 0.1) is 0 Å². The van der Waals surface area contributed by atoms with Gasteiger partial charge in [0.15, 0.2) is 22.2 Å².